The predicted molar refractivity (Wildman–Crippen MR) is 95.1 cm³/mol. The van der Waals surface area contributed by atoms with Gasteiger partial charge in [0.1, 0.15) is 11.6 Å². The van der Waals surface area contributed by atoms with E-state index >= 15 is 0 Å². The first-order valence-corrected chi connectivity index (χ1v) is 7.91. The molecule has 0 saturated heterocycles. The molecule has 0 radical (unpaired) electrons. The lowest BCUT2D eigenvalue weighted by Gasteiger charge is -2.11. The maximum Gasteiger partial charge on any atom is 0.126 e. The number of benzene rings is 3. The predicted octanol–water partition coefficient (Wildman–Crippen LogP) is 5.55. The van der Waals surface area contributed by atoms with Crippen molar-refractivity contribution in [2.45, 2.75) is 6.92 Å². The van der Waals surface area contributed by atoms with Crippen molar-refractivity contribution in [2.24, 2.45) is 0 Å². The number of aryl methyl sites for hydroxylation is 1. The summed E-state index contributed by atoms with van der Waals surface area (Å²) in [4.78, 5) is 9.46. The monoisotopic (exact) mass is 332 g/mol. The fourth-order valence-electron chi connectivity index (χ4n) is 2.80. The lowest BCUT2D eigenvalue weighted by Crippen LogP contribution is -1.96. The third-order valence-corrected chi connectivity index (χ3v) is 4.12. The van der Waals surface area contributed by atoms with E-state index in [1.54, 1.807) is 31.2 Å². The van der Waals surface area contributed by atoms with Gasteiger partial charge in [-0.3, -0.25) is 0 Å². The minimum Gasteiger partial charge on any atom is -0.244 e. The molecule has 0 N–H and O–H groups in total. The van der Waals surface area contributed by atoms with Crippen LogP contribution in [0.3, 0.4) is 0 Å². The molecule has 4 rings (SSSR count). The largest absolute Gasteiger partial charge is 0.244 e. The number of nitrogens with zero attached hydrogens (tertiary/aromatic N) is 2. The maximum atomic E-state index is 13.7. The van der Waals surface area contributed by atoms with Gasteiger partial charge >= 0.3 is 0 Å². The van der Waals surface area contributed by atoms with Crippen LogP contribution in [0.25, 0.3) is 33.5 Å². The molecule has 0 aliphatic heterocycles. The topological polar surface area (TPSA) is 25.8 Å². The summed E-state index contributed by atoms with van der Waals surface area (Å²) in [6.07, 6.45) is 0. The average molecular weight is 332 g/mol. The first kappa shape index (κ1) is 15.4. The highest BCUT2D eigenvalue weighted by atomic mass is 19.1. The van der Waals surface area contributed by atoms with Gasteiger partial charge in [0.05, 0.1) is 22.4 Å². The van der Waals surface area contributed by atoms with Gasteiger partial charge < -0.3 is 0 Å². The van der Waals surface area contributed by atoms with E-state index in [4.69, 9.17) is 9.97 Å². The molecule has 0 aliphatic rings. The first-order chi connectivity index (χ1) is 12.1. The summed E-state index contributed by atoms with van der Waals surface area (Å²) in [7, 11) is 0. The molecule has 4 aromatic rings. The summed E-state index contributed by atoms with van der Waals surface area (Å²) >= 11 is 0. The van der Waals surface area contributed by atoms with E-state index in [-0.39, 0.29) is 11.6 Å². The van der Waals surface area contributed by atoms with Crippen LogP contribution in [0.15, 0.2) is 66.7 Å². The minimum atomic E-state index is -0.309. The van der Waals surface area contributed by atoms with Crippen molar-refractivity contribution >= 4 is 11.0 Å². The van der Waals surface area contributed by atoms with Crippen LogP contribution in [0, 0.1) is 18.6 Å². The molecule has 0 atom stereocenters. The second-order valence-corrected chi connectivity index (χ2v) is 5.88. The van der Waals surface area contributed by atoms with Crippen molar-refractivity contribution in [3.05, 3.63) is 83.9 Å². The van der Waals surface area contributed by atoms with Crippen LogP contribution < -0.4 is 0 Å². The molecule has 0 fully saturated rings. The fraction of sp³-hybridized carbons (Fsp3) is 0.0476. The molecule has 1 aromatic heterocycles. The number of hydrogen-bond acceptors (Lipinski definition) is 2. The molecule has 1 heterocycles. The molecule has 3 aromatic carbocycles. The van der Waals surface area contributed by atoms with Gasteiger partial charge in [-0.15, -0.1) is 0 Å². The Morgan fingerprint density at radius 1 is 0.680 bits per heavy atom. The summed E-state index contributed by atoms with van der Waals surface area (Å²) in [6.45, 7) is 1.71. The minimum absolute atomic E-state index is 0.263. The van der Waals surface area contributed by atoms with Crippen molar-refractivity contribution in [1.82, 2.24) is 9.97 Å². The number of halogens is 2. The number of para-hydroxylation sites is 2. The van der Waals surface area contributed by atoms with E-state index in [9.17, 15) is 8.78 Å². The van der Waals surface area contributed by atoms with Crippen LogP contribution >= 0.6 is 0 Å². The summed E-state index contributed by atoms with van der Waals surface area (Å²) in [5, 5.41) is 0. The lowest BCUT2D eigenvalue weighted by atomic mass is 10.0. The Labute approximate surface area is 143 Å². The zero-order chi connectivity index (χ0) is 17.4. The molecule has 0 amide bonds. The lowest BCUT2D eigenvalue weighted by molar-refractivity contribution is 0.618. The molecule has 0 spiro atoms. The van der Waals surface area contributed by atoms with Crippen molar-refractivity contribution in [3.8, 4) is 22.5 Å². The summed E-state index contributed by atoms with van der Waals surface area (Å²) in [6, 6.07) is 18.6. The highest BCUT2D eigenvalue weighted by Gasteiger charge is 2.14. The van der Waals surface area contributed by atoms with E-state index < -0.39 is 0 Å². The van der Waals surface area contributed by atoms with Gasteiger partial charge in [0, 0.05) is 11.1 Å². The quantitative estimate of drug-likeness (QED) is 0.481. The number of rotatable bonds is 2. The van der Waals surface area contributed by atoms with Crippen LogP contribution in [0.1, 0.15) is 5.56 Å². The average Bonchev–Trinajstić information content (AvgIpc) is 2.63. The van der Waals surface area contributed by atoms with E-state index in [0.717, 1.165) is 22.2 Å². The molecule has 0 aliphatic carbocycles. The van der Waals surface area contributed by atoms with E-state index in [1.807, 2.05) is 24.3 Å². The molecule has 0 saturated carbocycles. The normalized spacial score (nSPS) is 11.0. The van der Waals surface area contributed by atoms with Crippen LogP contribution in [-0.2, 0) is 0 Å². The van der Waals surface area contributed by atoms with Crippen molar-refractivity contribution < 1.29 is 8.78 Å². The van der Waals surface area contributed by atoms with Crippen LogP contribution in [-0.4, -0.2) is 9.97 Å². The molecule has 0 bridgehead atoms. The molecular weight excluding hydrogens is 318 g/mol. The smallest absolute Gasteiger partial charge is 0.126 e. The van der Waals surface area contributed by atoms with Gasteiger partial charge in [-0.2, -0.15) is 0 Å². The molecule has 4 heteroatoms. The van der Waals surface area contributed by atoms with E-state index in [0.29, 0.717) is 17.0 Å². The Kier molecular flexibility index (Phi) is 3.73. The second kappa shape index (κ2) is 6.06. The third kappa shape index (κ3) is 2.87. The fourth-order valence-corrected chi connectivity index (χ4v) is 2.80. The zero-order valence-electron chi connectivity index (χ0n) is 13.5. The van der Waals surface area contributed by atoms with Gasteiger partial charge in [-0.1, -0.05) is 12.1 Å². The Bertz CT molecular complexity index is 1070. The molecule has 2 nitrogen and oxygen atoms in total. The highest BCUT2D eigenvalue weighted by Crippen LogP contribution is 2.31. The number of hydrogen-bond donors (Lipinski definition) is 0. The Balaban J connectivity index is 2.01. The van der Waals surface area contributed by atoms with Crippen LogP contribution in [0.5, 0.6) is 0 Å². The molecular formula is C21H14F2N2. The summed E-state index contributed by atoms with van der Waals surface area (Å²) < 4.78 is 27.0. The zero-order valence-corrected chi connectivity index (χ0v) is 13.5. The number of aromatic nitrogens is 2. The van der Waals surface area contributed by atoms with E-state index in [2.05, 4.69) is 0 Å². The molecule has 25 heavy (non-hydrogen) atoms. The summed E-state index contributed by atoms with van der Waals surface area (Å²) in [5.41, 5.74) is 4.87. The summed E-state index contributed by atoms with van der Waals surface area (Å²) in [5.74, 6) is -0.572. The SMILES string of the molecule is Cc1cc(-c2nc3ccccc3nc2-c2ccc(F)cc2)ccc1F. The van der Waals surface area contributed by atoms with Crippen LogP contribution in [0.4, 0.5) is 8.78 Å². The van der Waals surface area contributed by atoms with Gasteiger partial charge in [-0.05, 0) is 67.1 Å². The van der Waals surface area contributed by atoms with Crippen LogP contribution in [0.2, 0.25) is 0 Å². The van der Waals surface area contributed by atoms with Crippen molar-refractivity contribution in [1.29, 1.82) is 0 Å². The van der Waals surface area contributed by atoms with Gasteiger partial charge in [0.2, 0.25) is 0 Å². The molecule has 0 unspecified atom stereocenters. The highest BCUT2D eigenvalue weighted by molar-refractivity contribution is 5.86. The maximum absolute atomic E-state index is 13.7. The number of fused-ring (bicyclic) bond motifs is 1. The molecule has 122 valence electrons. The van der Waals surface area contributed by atoms with Gasteiger partial charge in [0.25, 0.3) is 0 Å². The second-order valence-electron chi connectivity index (χ2n) is 5.88. The Hall–Kier alpha value is -3.14. The van der Waals surface area contributed by atoms with Gasteiger partial charge in [0.15, 0.2) is 0 Å². The van der Waals surface area contributed by atoms with E-state index in [1.165, 1.54) is 18.2 Å². The third-order valence-electron chi connectivity index (χ3n) is 4.12. The van der Waals surface area contributed by atoms with Crippen molar-refractivity contribution in [2.75, 3.05) is 0 Å². The first-order valence-electron chi connectivity index (χ1n) is 7.91. The van der Waals surface area contributed by atoms with Crippen molar-refractivity contribution in [3.63, 3.8) is 0 Å². The standard InChI is InChI=1S/C21H14F2N2/c1-13-12-15(8-11-17(13)23)21-20(14-6-9-16(22)10-7-14)24-18-4-2-3-5-19(18)25-21/h2-12H,1H3. The Morgan fingerprint density at radius 3 is 1.84 bits per heavy atom. The van der Waals surface area contributed by atoms with Gasteiger partial charge in [-0.25, -0.2) is 18.7 Å². The Morgan fingerprint density at radius 2 is 1.24 bits per heavy atom.